The van der Waals surface area contributed by atoms with Crippen LogP contribution in [0.25, 0.3) is 6.08 Å². The first-order valence-corrected chi connectivity index (χ1v) is 10.6. The van der Waals surface area contributed by atoms with Gasteiger partial charge in [-0.3, -0.25) is 14.6 Å². The third kappa shape index (κ3) is 5.22. The molecule has 7 nitrogen and oxygen atoms in total. The van der Waals surface area contributed by atoms with Gasteiger partial charge in [-0.25, -0.2) is 0 Å². The van der Waals surface area contributed by atoms with E-state index in [0.717, 1.165) is 44.8 Å². The molecule has 0 saturated carbocycles. The van der Waals surface area contributed by atoms with E-state index in [0.29, 0.717) is 33.0 Å². The van der Waals surface area contributed by atoms with Gasteiger partial charge in [-0.15, -0.1) is 0 Å². The first kappa shape index (κ1) is 21.9. The largest absolute Gasteiger partial charge is 0.493 e. The number of thiocarbonyl (C=S) groups is 1. The number of hydrogen-bond donors (Lipinski definition) is 0. The summed E-state index contributed by atoms with van der Waals surface area (Å²) in [4.78, 5) is 17.5. The molecule has 0 unspecified atom stereocenters. The number of benzene rings is 1. The van der Waals surface area contributed by atoms with Crippen molar-refractivity contribution in [1.29, 1.82) is 0 Å². The summed E-state index contributed by atoms with van der Waals surface area (Å²) in [6.45, 7) is 5.00. The van der Waals surface area contributed by atoms with Crippen LogP contribution in [-0.2, 0) is 9.53 Å². The van der Waals surface area contributed by atoms with Crippen molar-refractivity contribution in [3.63, 3.8) is 0 Å². The van der Waals surface area contributed by atoms with Crippen LogP contribution >= 0.6 is 24.0 Å². The maximum absolute atomic E-state index is 12.9. The number of methoxy groups -OCH3 is 3. The van der Waals surface area contributed by atoms with Gasteiger partial charge in [-0.2, -0.15) is 0 Å². The normalized spacial score (nSPS) is 19.1. The number of amides is 1. The van der Waals surface area contributed by atoms with E-state index in [2.05, 4.69) is 4.90 Å². The van der Waals surface area contributed by atoms with Crippen LogP contribution in [-0.4, -0.2) is 80.7 Å². The SMILES string of the molecule is COc1cc(/C=C2\SC(=S)N(CCCN3CCOCC3)C2=O)cc(OC)c1OC. The minimum absolute atomic E-state index is 0.0595. The van der Waals surface area contributed by atoms with Crippen molar-refractivity contribution in [3.05, 3.63) is 22.6 Å². The fraction of sp³-hybridized carbons (Fsp3) is 0.500. The van der Waals surface area contributed by atoms with Gasteiger partial charge in [-0.05, 0) is 30.2 Å². The maximum atomic E-state index is 12.9. The first-order valence-electron chi connectivity index (χ1n) is 9.43. The maximum Gasteiger partial charge on any atom is 0.266 e. The Morgan fingerprint density at radius 3 is 2.34 bits per heavy atom. The molecular weight excluding hydrogens is 412 g/mol. The topological polar surface area (TPSA) is 60.5 Å². The number of nitrogens with zero attached hydrogens (tertiary/aromatic N) is 2. The van der Waals surface area contributed by atoms with Gasteiger partial charge >= 0.3 is 0 Å². The van der Waals surface area contributed by atoms with Crippen molar-refractivity contribution >= 4 is 40.3 Å². The Morgan fingerprint density at radius 1 is 1.10 bits per heavy atom. The quantitative estimate of drug-likeness (QED) is 0.454. The fourth-order valence-electron chi connectivity index (χ4n) is 3.31. The number of thioether (sulfide) groups is 1. The molecule has 1 aromatic rings. The molecule has 2 saturated heterocycles. The van der Waals surface area contributed by atoms with Crippen LogP contribution in [0, 0.1) is 0 Å². The van der Waals surface area contributed by atoms with Gasteiger partial charge < -0.3 is 18.9 Å². The van der Waals surface area contributed by atoms with E-state index in [-0.39, 0.29) is 5.91 Å². The van der Waals surface area contributed by atoms with E-state index < -0.39 is 0 Å². The molecule has 0 atom stereocenters. The van der Waals surface area contributed by atoms with Crippen molar-refractivity contribution in [2.45, 2.75) is 6.42 Å². The molecule has 9 heteroatoms. The highest BCUT2D eigenvalue weighted by Gasteiger charge is 2.31. The average molecular weight is 439 g/mol. The third-order valence-corrected chi connectivity index (χ3v) is 6.20. The summed E-state index contributed by atoms with van der Waals surface area (Å²) >= 11 is 6.76. The number of hydrogen-bond acceptors (Lipinski definition) is 8. The summed E-state index contributed by atoms with van der Waals surface area (Å²) in [5.41, 5.74) is 0.785. The minimum Gasteiger partial charge on any atom is -0.493 e. The molecule has 158 valence electrons. The molecule has 3 rings (SSSR count). The Morgan fingerprint density at radius 2 is 1.76 bits per heavy atom. The van der Waals surface area contributed by atoms with Gasteiger partial charge in [0.15, 0.2) is 11.5 Å². The zero-order chi connectivity index (χ0) is 20.8. The molecule has 2 heterocycles. The predicted octanol–water partition coefficient (Wildman–Crippen LogP) is 2.64. The second-order valence-electron chi connectivity index (χ2n) is 6.60. The van der Waals surface area contributed by atoms with Crippen LogP contribution in [0.4, 0.5) is 0 Å². The number of ether oxygens (including phenoxy) is 4. The number of carbonyl (C=O) groups excluding carboxylic acids is 1. The Balaban J connectivity index is 1.69. The zero-order valence-electron chi connectivity index (χ0n) is 16.9. The molecule has 1 aromatic carbocycles. The highest BCUT2D eigenvalue weighted by atomic mass is 32.2. The highest BCUT2D eigenvalue weighted by Crippen LogP contribution is 2.40. The van der Waals surface area contributed by atoms with E-state index in [4.69, 9.17) is 31.2 Å². The molecule has 29 heavy (non-hydrogen) atoms. The average Bonchev–Trinajstić information content (AvgIpc) is 3.01. The molecule has 0 spiro atoms. The van der Waals surface area contributed by atoms with Crippen molar-refractivity contribution < 1.29 is 23.7 Å². The molecule has 2 aliphatic heterocycles. The molecular formula is C20H26N2O5S2. The lowest BCUT2D eigenvalue weighted by atomic mass is 10.1. The highest BCUT2D eigenvalue weighted by molar-refractivity contribution is 8.26. The van der Waals surface area contributed by atoms with E-state index in [9.17, 15) is 4.79 Å². The lowest BCUT2D eigenvalue weighted by molar-refractivity contribution is -0.122. The summed E-state index contributed by atoms with van der Waals surface area (Å²) < 4.78 is 22.1. The van der Waals surface area contributed by atoms with E-state index in [1.165, 1.54) is 11.8 Å². The lowest BCUT2D eigenvalue weighted by Gasteiger charge is -2.27. The van der Waals surface area contributed by atoms with Gasteiger partial charge in [0.25, 0.3) is 5.91 Å². The lowest BCUT2D eigenvalue weighted by Crippen LogP contribution is -2.38. The minimum atomic E-state index is -0.0595. The van der Waals surface area contributed by atoms with Gasteiger partial charge in [0.05, 0.1) is 39.4 Å². The molecule has 2 fully saturated rings. The van der Waals surface area contributed by atoms with Gasteiger partial charge in [-0.1, -0.05) is 24.0 Å². The summed E-state index contributed by atoms with van der Waals surface area (Å²) in [6.07, 6.45) is 2.69. The Bertz CT molecular complexity index is 768. The molecule has 0 aliphatic carbocycles. The molecule has 2 aliphatic rings. The zero-order valence-corrected chi connectivity index (χ0v) is 18.6. The van der Waals surface area contributed by atoms with E-state index in [1.54, 1.807) is 26.2 Å². The van der Waals surface area contributed by atoms with Crippen molar-refractivity contribution in [3.8, 4) is 17.2 Å². The van der Waals surface area contributed by atoms with Gasteiger partial charge in [0, 0.05) is 26.2 Å². The summed E-state index contributed by atoms with van der Waals surface area (Å²) in [5.74, 6) is 1.54. The molecule has 0 N–H and O–H groups in total. The third-order valence-electron chi connectivity index (χ3n) is 4.82. The van der Waals surface area contributed by atoms with Crippen LogP contribution in [0.5, 0.6) is 17.2 Å². The van der Waals surface area contributed by atoms with Crippen molar-refractivity contribution in [2.24, 2.45) is 0 Å². The second kappa shape index (κ2) is 10.3. The standard InChI is InChI=1S/C20H26N2O5S2/c1-24-15-11-14(12-16(25-2)18(15)26-3)13-17-19(23)22(20(28)29-17)6-4-5-21-7-9-27-10-8-21/h11-13H,4-10H2,1-3H3/b17-13-. The first-order chi connectivity index (χ1) is 14.1. The van der Waals surface area contributed by atoms with Crippen LogP contribution in [0.2, 0.25) is 0 Å². The Kier molecular flexibility index (Phi) is 7.77. The monoisotopic (exact) mass is 438 g/mol. The number of rotatable bonds is 8. The molecule has 0 aromatic heterocycles. The number of carbonyl (C=O) groups is 1. The van der Waals surface area contributed by atoms with Crippen LogP contribution in [0.1, 0.15) is 12.0 Å². The van der Waals surface area contributed by atoms with Gasteiger partial charge in [0.1, 0.15) is 4.32 Å². The van der Waals surface area contributed by atoms with E-state index in [1.807, 2.05) is 18.2 Å². The second-order valence-corrected chi connectivity index (χ2v) is 8.28. The Labute approximate surface area is 180 Å². The molecule has 1 amide bonds. The van der Waals surface area contributed by atoms with Crippen LogP contribution in [0.15, 0.2) is 17.0 Å². The van der Waals surface area contributed by atoms with E-state index >= 15 is 0 Å². The van der Waals surface area contributed by atoms with Crippen molar-refractivity contribution in [2.75, 3.05) is 60.7 Å². The van der Waals surface area contributed by atoms with Crippen LogP contribution < -0.4 is 14.2 Å². The molecule has 0 bridgehead atoms. The molecule has 0 radical (unpaired) electrons. The van der Waals surface area contributed by atoms with Crippen molar-refractivity contribution in [1.82, 2.24) is 9.80 Å². The fourth-order valence-corrected chi connectivity index (χ4v) is 4.61. The number of morpholine rings is 1. The summed E-state index contributed by atoms with van der Waals surface area (Å²) in [5, 5.41) is 0. The smallest absolute Gasteiger partial charge is 0.266 e. The van der Waals surface area contributed by atoms with Crippen LogP contribution in [0.3, 0.4) is 0 Å². The summed E-state index contributed by atoms with van der Waals surface area (Å²) in [7, 11) is 4.69. The van der Waals surface area contributed by atoms with Gasteiger partial charge in [0.2, 0.25) is 5.75 Å². The summed E-state index contributed by atoms with van der Waals surface area (Å²) in [6, 6.07) is 3.62. The Hall–Kier alpha value is -1.81. The predicted molar refractivity (Wildman–Crippen MR) is 118 cm³/mol.